The standard InChI is InChI=1S/H2N22O/c1-2-3-4-5-6-7-8-9-10-11-12-13-14-15-16-17-18-19-20-21-22-23/h(H2,1,3,5,7,9,11,13,15,17,19,21,23). The maximum absolute atomic E-state index is 9.41. The summed E-state index contributed by atoms with van der Waals surface area (Å²) in [6.45, 7) is 0. The number of nitroso groups, excluding NO2 is 1. The van der Waals surface area contributed by atoms with Gasteiger partial charge < -0.3 is 5.84 Å². The molecular weight excluding hydrogens is 324 g/mol. The zero-order valence-electron chi connectivity index (χ0n) is 10.4. The van der Waals surface area contributed by atoms with Crippen LogP contribution in [-0.2, 0) is 0 Å². The Labute approximate surface area is 122 Å². The minimum Gasteiger partial charge on any atom is -0.303 e. The van der Waals surface area contributed by atoms with Crippen LogP contribution in [0.5, 0.6) is 0 Å². The van der Waals surface area contributed by atoms with E-state index >= 15 is 0 Å². The van der Waals surface area contributed by atoms with Crippen LogP contribution in [0.15, 0.2) is 110 Å². The highest BCUT2D eigenvalue weighted by Crippen LogP contribution is 1.89. The number of nitrogens with zero attached hydrogens (tertiary/aromatic N) is 21. The molecule has 23 heteroatoms. The van der Waals surface area contributed by atoms with Crippen LogP contribution in [0.3, 0.4) is 0 Å². The van der Waals surface area contributed by atoms with Gasteiger partial charge >= 0.3 is 0 Å². The summed E-state index contributed by atoms with van der Waals surface area (Å²) in [6, 6.07) is 0. The molecule has 0 unspecified atom stereocenters. The summed E-state index contributed by atoms with van der Waals surface area (Å²) in [5.74, 6) is 4.59. The summed E-state index contributed by atoms with van der Waals surface area (Å²) in [6.07, 6.45) is 0. The monoisotopic (exact) mass is 326 g/mol. The average molecular weight is 326 g/mol. The van der Waals surface area contributed by atoms with E-state index in [9.17, 15) is 4.91 Å². The van der Waals surface area contributed by atoms with E-state index in [1.54, 1.807) is 0 Å². The Kier molecular flexibility index (Phi) is 13.9. The summed E-state index contributed by atoms with van der Waals surface area (Å²) in [5.41, 5.74) is 0. The maximum Gasteiger partial charge on any atom is 0.102 e. The predicted octanol–water partition coefficient (Wildman–Crippen LogP) is 3.30. The molecule has 0 aliphatic heterocycles. The van der Waals surface area contributed by atoms with Gasteiger partial charge in [0.25, 0.3) is 0 Å². The van der Waals surface area contributed by atoms with Gasteiger partial charge in [-0.1, -0.05) is 5.22 Å². The van der Waals surface area contributed by atoms with Crippen molar-refractivity contribution in [1.82, 2.24) is 0 Å². The largest absolute Gasteiger partial charge is 0.303 e. The van der Waals surface area contributed by atoms with Gasteiger partial charge in [0.2, 0.25) is 0 Å². The first kappa shape index (κ1) is 18.4. The molecule has 0 atom stereocenters. The third-order valence-corrected chi connectivity index (χ3v) is 0.808. The molecule has 0 aliphatic carbocycles. The van der Waals surface area contributed by atoms with Crippen LogP contribution in [0, 0.1) is 4.91 Å². The molecular formula is H2N22O. The molecule has 0 bridgehead atoms. The second-order valence-electron chi connectivity index (χ2n) is 1.90. The number of rotatable bonds is 10. The van der Waals surface area contributed by atoms with Crippen molar-refractivity contribution in [3.05, 3.63) is 4.91 Å². The topological polar surface area (TPSA) is 303 Å². The van der Waals surface area contributed by atoms with Crippen molar-refractivity contribution in [2.45, 2.75) is 0 Å². The Morgan fingerprint density at radius 2 is 0.565 bits per heavy atom. The quantitative estimate of drug-likeness (QED) is 0.273. The maximum atomic E-state index is 9.41. The highest BCUT2D eigenvalue weighted by atomic mass is 16.3. The van der Waals surface area contributed by atoms with Gasteiger partial charge in [0, 0.05) is 62.7 Å². The summed E-state index contributed by atoms with van der Waals surface area (Å²) in [5, 5.41) is 60.0. The molecule has 2 N–H and O–H groups in total. The zero-order chi connectivity index (χ0) is 16.8. The highest BCUT2D eigenvalue weighted by Gasteiger charge is 1.71. The van der Waals surface area contributed by atoms with Crippen LogP contribution in [-0.4, -0.2) is 0 Å². The second-order valence-corrected chi connectivity index (χ2v) is 1.90. The van der Waals surface area contributed by atoms with Gasteiger partial charge in [-0.15, -0.1) is 4.91 Å². The molecule has 0 aliphatic rings. The van der Waals surface area contributed by atoms with E-state index in [0.717, 1.165) is 0 Å². The van der Waals surface area contributed by atoms with Crippen molar-refractivity contribution in [2.24, 2.45) is 116 Å². The molecule has 0 rings (SSSR count). The van der Waals surface area contributed by atoms with Crippen LogP contribution in [0.1, 0.15) is 0 Å². The predicted molar refractivity (Wildman–Crippen MR) is 58.5 cm³/mol. The molecule has 0 saturated heterocycles. The number of hydrogen-bond acceptors (Lipinski definition) is 2. The van der Waals surface area contributed by atoms with Gasteiger partial charge in [0.05, 0.1) is 0 Å². The third-order valence-electron chi connectivity index (χ3n) is 0.808. The van der Waals surface area contributed by atoms with Gasteiger partial charge in [-0.3, -0.25) is 0 Å². The first-order valence-electron chi connectivity index (χ1n) is 4.44. The summed E-state index contributed by atoms with van der Waals surface area (Å²) in [4.78, 5) is 9.41. The molecule has 0 fully saturated rings. The molecule has 0 aromatic carbocycles. The SMILES string of the molecule is N/N=N/N=N/N=N/N=N/N=N/N=N/N=N/N=N/N=N/N=N/N=O. The van der Waals surface area contributed by atoms with Gasteiger partial charge in [-0.05, 0) is 36.6 Å². The van der Waals surface area contributed by atoms with Crippen molar-refractivity contribution in [3.63, 3.8) is 0 Å². The minimum atomic E-state index is 2.00. The van der Waals surface area contributed by atoms with Gasteiger partial charge in [0.15, 0.2) is 0 Å². The summed E-state index contributed by atoms with van der Waals surface area (Å²) >= 11 is 0. The van der Waals surface area contributed by atoms with Gasteiger partial charge in [-0.2, -0.15) is 0 Å². The molecule has 23 heavy (non-hydrogen) atoms. The molecule has 0 heterocycles. The van der Waals surface area contributed by atoms with Gasteiger partial charge in [0.1, 0.15) is 5.29 Å². The second kappa shape index (κ2) is 17.4. The first-order valence-corrected chi connectivity index (χ1v) is 4.44. The lowest BCUT2D eigenvalue weighted by molar-refractivity contribution is 0.736. The van der Waals surface area contributed by atoms with E-state index in [0.29, 0.717) is 0 Å². The molecule has 118 valence electrons. The van der Waals surface area contributed by atoms with Crippen LogP contribution in [0.2, 0.25) is 0 Å². The molecule has 0 aromatic rings. The average Bonchev–Trinajstić information content (AvgIpc) is 2.57. The lowest BCUT2D eigenvalue weighted by Gasteiger charge is -1.69. The van der Waals surface area contributed by atoms with Crippen molar-refractivity contribution in [1.29, 1.82) is 0 Å². The Morgan fingerprint density at radius 1 is 0.348 bits per heavy atom. The van der Waals surface area contributed by atoms with E-state index in [4.69, 9.17) is 0 Å². The fourth-order valence-corrected chi connectivity index (χ4v) is 0.344. The molecule has 0 radical (unpaired) electrons. The van der Waals surface area contributed by atoms with Crippen LogP contribution in [0.4, 0.5) is 0 Å². The Morgan fingerprint density at radius 3 is 0.783 bits per heavy atom. The normalized spacial score (nSPS) is 14.4. The van der Waals surface area contributed by atoms with Crippen molar-refractivity contribution < 1.29 is 0 Å². The molecule has 23 nitrogen and oxygen atoms in total. The van der Waals surface area contributed by atoms with E-state index in [-0.39, 0.29) is 0 Å². The lowest BCUT2D eigenvalue weighted by atomic mass is 12.3. The van der Waals surface area contributed by atoms with E-state index in [1.165, 1.54) is 0 Å². The lowest BCUT2D eigenvalue weighted by Crippen LogP contribution is -1.70. The number of hydrogen-bond donors (Lipinski definition) is 1. The zero-order valence-corrected chi connectivity index (χ0v) is 10.4. The smallest absolute Gasteiger partial charge is 0.102 e. The van der Waals surface area contributed by atoms with Crippen LogP contribution >= 0.6 is 0 Å². The Hall–Kier alpha value is -4.60. The number of nitrogens with two attached hydrogens (primary N) is 1. The summed E-state index contributed by atoms with van der Waals surface area (Å²) in [7, 11) is 0. The third kappa shape index (κ3) is 17.4. The van der Waals surface area contributed by atoms with Crippen molar-refractivity contribution in [3.8, 4) is 0 Å². The minimum absolute atomic E-state index is 2.00. The fraction of sp³-hybridized carbons (Fsp3) is 0. The van der Waals surface area contributed by atoms with Crippen LogP contribution < -0.4 is 5.84 Å². The van der Waals surface area contributed by atoms with Crippen molar-refractivity contribution >= 4 is 0 Å². The van der Waals surface area contributed by atoms with Crippen molar-refractivity contribution in [2.75, 3.05) is 0 Å². The van der Waals surface area contributed by atoms with Gasteiger partial charge in [-0.25, -0.2) is 0 Å². The molecule has 0 saturated carbocycles. The molecule has 0 spiro atoms. The van der Waals surface area contributed by atoms with Crippen LogP contribution in [0.25, 0.3) is 0 Å². The molecule has 0 aromatic heterocycles. The summed E-state index contributed by atoms with van der Waals surface area (Å²) < 4.78 is 0. The van der Waals surface area contributed by atoms with E-state index in [1.807, 2.05) is 5.29 Å². The Balaban J connectivity index is 3.90. The first-order chi connectivity index (χ1) is 11.4. The molecule has 0 amide bonds. The van der Waals surface area contributed by atoms with E-state index < -0.39 is 0 Å². The van der Waals surface area contributed by atoms with E-state index in [2.05, 4.69) is 110 Å². The fourth-order valence-electron chi connectivity index (χ4n) is 0.344. The highest BCUT2D eigenvalue weighted by molar-refractivity contribution is 4.15. The Bertz CT molecular complexity index is 571.